The Morgan fingerprint density at radius 3 is 2.68 bits per heavy atom. The van der Waals surface area contributed by atoms with Gasteiger partial charge in [-0.2, -0.15) is 0 Å². The number of carbonyl (C=O) groups excluding carboxylic acids is 1. The second kappa shape index (κ2) is 5.41. The Labute approximate surface area is 134 Å². The van der Waals surface area contributed by atoms with Crippen LogP contribution in [0.1, 0.15) is 17.0 Å². The van der Waals surface area contributed by atoms with Gasteiger partial charge in [0.2, 0.25) is 0 Å². The summed E-state index contributed by atoms with van der Waals surface area (Å²) in [7, 11) is 0. The minimum absolute atomic E-state index is 0.0883. The number of fused-ring (bicyclic) bond motifs is 3. The second-order valence-corrected chi connectivity index (χ2v) is 6.43. The lowest BCUT2D eigenvalue weighted by Gasteiger charge is -2.25. The smallest absolute Gasteiger partial charge is 0.316 e. The minimum atomic E-state index is -0.115. The van der Waals surface area contributed by atoms with Gasteiger partial charge in [0.15, 0.2) is 0 Å². The fraction of sp³-hybridized carbons (Fsp3) is 0.278. The standard InChI is InChI=1S/C18H16ClNO2/c19-13-6-7-17-14(8-13)15-10-20(11-16(15)18(21)22-17)9-12-4-2-1-3-5-12/h1-8,15-16H,9-11H2/t15-,16-/m1/s1. The van der Waals surface area contributed by atoms with Crippen LogP contribution in [0, 0.1) is 5.92 Å². The van der Waals surface area contributed by atoms with Gasteiger partial charge in [-0.25, -0.2) is 0 Å². The predicted molar refractivity (Wildman–Crippen MR) is 85.0 cm³/mol. The van der Waals surface area contributed by atoms with Gasteiger partial charge in [-0.15, -0.1) is 0 Å². The molecule has 0 unspecified atom stereocenters. The van der Waals surface area contributed by atoms with E-state index in [1.807, 2.05) is 24.3 Å². The summed E-state index contributed by atoms with van der Waals surface area (Å²) < 4.78 is 5.48. The Kier molecular flexibility index (Phi) is 3.40. The maximum absolute atomic E-state index is 12.2. The molecule has 2 aliphatic rings. The number of hydrogen-bond acceptors (Lipinski definition) is 3. The number of esters is 1. The zero-order valence-electron chi connectivity index (χ0n) is 12.0. The van der Waals surface area contributed by atoms with Gasteiger partial charge < -0.3 is 4.74 Å². The molecule has 22 heavy (non-hydrogen) atoms. The van der Waals surface area contributed by atoms with Crippen LogP contribution in [-0.2, 0) is 11.3 Å². The van der Waals surface area contributed by atoms with E-state index in [1.54, 1.807) is 12.1 Å². The number of ether oxygens (including phenoxy) is 1. The summed E-state index contributed by atoms with van der Waals surface area (Å²) in [5, 5.41) is 0.692. The molecule has 112 valence electrons. The molecule has 2 aromatic rings. The SMILES string of the molecule is O=C1Oc2ccc(Cl)cc2[C@H]2CN(Cc3ccccc3)C[C@@H]12. The number of likely N-dealkylation sites (tertiary alicyclic amines) is 1. The Hall–Kier alpha value is -1.84. The summed E-state index contributed by atoms with van der Waals surface area (Å²) >= 11 is 6.12. The summed E-state index contributed by atoms with van der Waals surface area (Å²) in [4.78, 5) is 14.6. The van der Waals surface area contributed by atoms with Gasteiger partial charge in [-0.1, -0.05) is 41.9 Å². The Morgan fingerprint density at radius 2 is 1.86 bits per heavy atom. The Balaban J connectivity index is 1.60. The molecule has 0 N–H and O–H groups in total. The van der Waals surface area contributed by atoms with E-state index in [1.165, 1.54) is 5.56 Å². The molecule has 0 bridgehead atoms. The van der Waals surface area contributed by atoms with E-state index < -0.39 is 0 Å². The van der Waals surface area contributed by atoms with Crippen LogP contribution in [0.4, 0.5) is 0 Å². The third-order valence-corrected chi connectivity index (χ3v) is 4.76. The van der Waals surface area contributed by atoms with Crippen molar-refractivity contribution in [2.75, 3.05) is 13.1 Å². The largest absolute Gasteiger partial charge is 0.426 e. The second-order valence-electron chi connectivity index (χ2n) is 6.00. The highest BCUT2D eigenvalue weighted by atomic mass is 35.5. The summed E-state index contributed by atoms with van der Waals surface area (Å²) in [6.07, 6.45) is 0. The maximum Gasteiger partial charge on any atom is 0.316 e. The molecule has 1 fully saturated rings. The Bertz CT molecular complexity index is 716. The predicted octanol–water partition coefficient (Wildman–Crippen LogP) is 3.47. The Morgan fingerprint density at radius 1 is 1.09 bits per heavy atom. The quantitative estimate of drug-likeness (QED) is 0.628. The molecule has 3 nitrogen and oxygen atoms in total. The molecule has 2 heterocycles. The van der Waals surface area contributed by atoms with E-state index in [0.717, 1.165) is 25.2 Å². The molecule has 0 radical (unpaired) electrons. The molecular weight excluding hydrogens is 298 g/mol. The first-order valence-corrected chi connectivity index (χ1v) is 7.86. The number of rotatable bonds is 2. The van der Waals surface area contributed by atoms with Crippen LogP contribution in [0.2, 0.25) is 5.02 Å². The average Bonchev–Trinajstić information content (AvgIpc) is 2.94. The molecule has 0 saturated carbocycles. The van der Waals surface area contributed by atoms with E-state index in [4.69, 9.17) is 16.3 Å². The number of benzene rings is 2. The molecule has 0 amide bonds. The van der Waals surface area contributed by atoms with Crippen LogP contribution in [0.25, 0.3) is 0 Å². The lowest BCUT2D eigenvalue weighted by molar-refractivity contribution is -0.140. The molecule has 1 saturated heterocycles. The van der Waals surface area contributed by atoms with Crippen LogP contribution >= 0.6 is 11.6 Å². The maximum atomic E-state index is 12.2. The van der Waals surface area contributed by atoms with Crippen LogP contribution in [-0.4, -0.2) is 24.0 Å². The molecule has 0 aliphatic carbocycles. The third-order valence-electron chi connectivity index (χ3n) is 4.53. The van der Waals surface area contributed by atoms with Crippen molar-refractivity contribution in [1.29, 1.82) is 0 Å². The highest BCUT2D eigenvalue weighted by Crippen LogP contribution is 2.43. The number of halogens is 1. The molecule has 2 aromatic carbocycles. The van der Waals surface area contributed by atoms with Crippen molar-refractivity contribution in [3.63, 3.8) is 0 Å². The molecular formula is C18H16ClNO2. The number of nitrogens with zero attached hydrogens (tertiary/aromatic N) is 1. The van der Waals surface area contributed by atoms with Crippen LogP contribution in [0.5, 0.6) is 5.75 Å². The van der Waals surface area contributed by atoms with Crippen molar-refractivity contribution in [3.05, 3.63) is 64.7 Å². The van der Waals surface area contributed by atoms with E-state index in [0.29, 0.717) is 10.8 Å². The van der Waals surface area contributed by atoms with Crippen LogP contribution in [0.15, 0.2) is 48.5 Å². The highest BCUT2D eigenvalue weighted by Gasteiger charge is 2.44. The zero-order chi connectivity index (χ0) is 15.1. The number of carbonyl (C=O) groups is 1. The van der Waals surface area contributed by atoms with Crippen LogP contribution < -0.4 is 4.74 Å². The van der Waals surface area contributed by atoms with E-state index >= 15 is 0 Å². The molecule has 0 spiro atoms. The lowest BCUT2D eigenvalue weighted by atomic mass is 9.86. The van der Waals surface area contributed by atoms with Crippen molar-refractivity contribution in [3.8, 4) is 5.75 Å². The van der Waals surface area contributed by atoms with Gasteiger partial charge >= 0.3 is 5.97 Å². The topological polar surface area (TPSA) is 29.5 Å². The molecule has 4 rings (SSSR count). The molecule has 4 heteroatoms. The van der Waals surface area contributed by atoms with Gasteiger partial charge in [0.25, 0.3) is 0 Å². The monoisotopic (exact) mass is 313 g/mol. The van der Waals surface area contributed by atoms with E-state index in [2.05, 4.69) is 17.0 Å². The van der Waals surface area contributed by atoms with Gasteiger partial charge in [-0.3, -0.25) is 9.69 Å². The van der Waals surface area contributed by atoms with Gasteiger partial charge in [0.1, 0.15) is 5.75 Å². The van der Waals surface area contributed by atoms with Crippen molar-refractivity contribution in [2.45, 2.75) is 12.5 Å². The van der Waals surface area contributed by atoms with E-state index in [9.17, 15) is 4.79 Å². The summed E-state index contributed by atoms with van der Waals surface area (Å²) in [5.41, 5.74) is 2.33. The number of hydrogen-bond donors (Lipinski definition) is 0. The average molecular weight is 314 g/mol. The first-order chi connectivity index (χ1) is 10.7. The summed E-state index contributed by atoms with van der Waals surface area (Å²) in [6.45, 7) is 2.46. The summed E-state index contributed by atoms with van der Waals surface area (Å²) in [5.74, 6) is 0.640. The van der Waals surface area contributed by atoms with Crippen molar-refractivity contribution < 1.29 is 9.53 Å². The van der Waals surface area contributed by atoms with Crippen LogP contribution in [0.3, 0.4) is 0 Å². The molecule has 2 aliphatic heterocycles. The summed E-state index contributed by atoms with van der Waals surface area (Å²) in [6, 6.07) is 15.8. The van der Waals surface area contributed by atoms with Gasteiger partial charge in [-0.05, 0) is 23.8 Å². The van der Waals surface area contributed by atoms with Gasteiger partial charge in [0, 0.05) is 36.1 Å². The molecule has 2 atom stereocenters. The third kappa shape index (κ3) is 2.40. The minimum Gasteiger partial charge on any atom is -0.426 e. The van der Waals surface area contributed by atoms with Crippen molar-refractivity contribution in [2.24, 2.45) is 5.92 Å². The fourth-order valence-electron chi connectivity index (χ4n) is 3.50. The van der Waals surface area contributed by atoms with Gasteiger partial charge in [0.05, 0.1) is 5.92 Å². The zero-order valence-corrected chi connectivity index (χ0v) is 12.8. The fourth-order valence-corrected chi connectivity index (χ4v) is 3.68. The lowest BCUT2D eigenvalue weighted by Crippen LogP contribution is -2.31. The first-order valence-electron chi connectivity index (χ1n) is 7.48. The molecule has 0 aromatic heterocycles. The van der Waals surface area contributed by atoms with Crippen molar-refractivity contribution >= 4 is 17.6 Å². The first kappa shape index (κ1) is 13.8. The normalized spacial score (nSPS) is 23.8. The van der Waals surface area contributed by atoms with E-state index in [-0.39, 0.29) is 17.8 Å². The van der Waals surface area contributed by atoms with Crippen molar-refractivity contribution in [1.82, 2.24) is 4.90 Å². The highest BCUT2D eigenvalue weighted by molar-refractivity contribution is 6.30.